The summed E-state index contributed by atoms with van der Waals surface area (Å²) in [6.45, 7) is 4.15. The lowest BCUT2D eigenvalue weighted by Gasteiger charge is -2.27. The molecule has 0 bridgehead atoms. The number of hydrogen-bond donors (Lipinski definition) is 2. The van der Waals surface area contributed by atoms with Gasteiger partial charge in [0, 0.05) is 29.7 Å². The second-order valence-corrected chi connectivity index (χ2v) is 9.01. The monoisotopic (exact) mass is 468 g/mol. The van der Waals surface area contributed by atoms with E-state index in [2.05, 4.69) is 22.3 Å². The van der Waals surface area contributed by atoms with E-state index in [-0.39, 0.29) is 5.75 Å². The molecular formula is C30H32N2O3. The Balaban J connectivity index is 1.62. The van der Waals surface area contributed by atoms with Crippen molar-refractivity contribution in [1.29, 1.82) is 0 Å². The van der Waals surface area contributed by atoms with Crippen LogP contribution in [0.5, 0.6) is 23.0 Å². The van der Waals surface area contributed by atoms with Crippen LogP contribution in [0.3, 0.4) is 0 Å². The van der Waals surface area contributed by atoms with Gasteiger partial charge >= 0.3 is 0 Å². The Morgan fingerprint density at radius 3 is 2.46 bits per heavy atom. The first-order valence-electron chi connectivity index (χ1n) is 12.3. The minimum atomic E-state index is 0.233. The minimum absolute atomic E-state index is 0.233. The molecule has 1 aliphatic rings. The molecule has 1 saturated heterocycles. The summed E-state index contributed by atoms with van der Waals surface area (Å²) in [5.74, 6) is 2.54. The molecule has 2 N–H and O–H groups in total. The first-order chi connectivity index (χ1) is 17.2. The number of methoxy groups -OCH3 is 1. The zero-order chi connectivity index (χ0) is 24.0. The van der Waals surface area contributed by atoms with Crippen molar-refractivity contribution in [3.8, 4) is 34.1 Å². The number of likely N-dealkylation sites (tertiary alicyclic amines) is 1. The quantitative estimate of drug-likeness (QED) is 0.294. The number of ether oxygens (including phenoxy) is 2. The number of nitrogens with one attached hydrogen (secondary N) is 1. The van der Waals surface area contributed by atoms with Gasteiger partial charge in [-0.3, -0.25) is 0 Å². The third kappa shape index (κ3) is 5.36. The summed E-state index contributed by atoms with van der Waals surface area (Å²) in [5.41, 5.74) is 2.95. The summed E-state index contributed by atoms with van der Waals surface area (Å²) in [6, 6.07) is 25.4. The SMILES string of the molecule is COc1cccc(-c2c(NCCN3CCCCC3)cc3cc(O)ccc3c2Oc2ccccc2)c1. The van der Waals surface area contributed by atoms with Gasteiger partial charge in [0.2, 0.25) is 0 Å². The number of phenolic OH excluding ortho intramolecular Hbond substituents is 1. The Morgan fingerprint density at radius 1 is 0.857 bits per heavy atom. The second kappa shape index (κ2) is 10.7. The molecule has 35 heavy (non-hydrogen) atoms. The van der Waals surface area contributed by atoms with Gasteiger partial charge in [-0.1, -0.05) is 36.8 Å². The summed E-state index contributed by atoms with van der Waals surface area (Å²) in [6.07, 6.45) is 3.89. The highest BCUT2D eigenvalue weighted by Gasteiger charge is 2.19. The van der Waals surface area contributed by atoms with Gasteiger partial charge < -0.3 is 24.8 Å². The van der Waals surface area contributed by atoms with Gasteiger partial charge in [-0.15, -0.1) is 0 Å². The van der Waals surface area contributed by atoms with Crippen molar-refractivity contribution in [3.05, 3.63) is 78.9 Å². The number of fused-ring (bicyclic) bond motifs is 1. The normalized spacial score (nSPS) is 14.1. The van der Waals surface area contributed by atoms with Crippen LogP contribution in [0.25, 0.3) is 21.9 Å². The molecule has 0 radical (unpaired) electrons. The zero-order valence-electron chi connectivity index (χ0n) is 20.2. The van der Waals surface area contributed by atoms with Crippen LogP contribution < -0.4 is 14.8 Å². The van der Waals surface area contributed by atoms with E-state index in [1.165, 1.54) is 32.4 Å². The number of para-hydroxylation sites is 1. The second-order valence-electron chi connectivity index (χ2n) is 9.01. The Kier molecular flexibility index (Phi) is 7.05. The average molecular weight is 469 g/mol. The summed E-state index contributed by atoms with van der Waals surface area (Å²) >= 11 is 0. The lowest BCUT2D eigenvalue weighted by molar-refractivity contribution is 0.237. The third-order valence-electron chi connectivity index (χ3n) is 6.59. The molecule has 0 aliphatic carbocycles. The maximum absolute atomic E-state index is 10.2. The number of piperidine rings is 1. The van der Waals surface area contributed by atoms with Crippen LogP contribution in [0.15, 0.2) is 78.9 Å². The van der Waals surface area contributed by atoms with E-state index in [0.717, 1.165) is 57.9 Å². The molecule has 0 unspecified atom stereocenters. The van der Waals surface area contributed by atoms with Gasteiger partial charge in [-0.25, -0.2) is 0 Å². The maximum Gasteiger partial charge on any atom is 0.145 e. The van der Waals surface area contributed by atoms with Crippen LogP contribution in [0.4, 0.5) is 5.69 Å². The fourth-order valence-electron chi connectivity index (χ4n) is 4.81. The number of benzene rings is 4. The van der Waals surface area contributed by atoms with Crippen molar-refractivity contribution >= 4 is 16.5 Å². The molecular weight excluding hydrogens is 436 g/mol. The predicted octanol–water partition coefficient (Wildman–Crippen LogP) is 6.91. The Bertz CT molecular complexity index is 1280. The molecule has 0 aromatic heterocycles. The van der Waals surface area contributed by atoms with E-state index >= 15 is 0 Å². The minimum Gasteiger partial charge on any atom is -0.508 e. The van der Waals surface area contributed by atoms with Gasteiger partial charge in [0.05, 0.1) is 7.11 Å². The fraction of sp³-hybridized carbons (Fsp3) is 0.267. The number of hydrogen-bond acceptors (Lipinski definition) is 5. The summed E-state index contributed by atoms with van der Waals surface area (Å²) in [4.78, 5) is 2.52. The largest absolute Gasteiger partial charge is 0.508 e. The first kappa shape index (κ1) is 23.1. The lowest BCUT2D eigenvalue weighted by Crippen LogP contribution is -2.33. The molecule has 4 aromatic carbocycles. The molecule has 1 heterocycles. The molecule has 180 valence electrons. The van der Waals surface area contributed by atoms with Crippen molar-refractivity contribution in [3.63, 3.8) is 0 Å². The molecule has 1 aliphatic heterocycles. The number of aromatic hydroxyl groups is 1. The smallest absolute Gasteiger partial charge is 0.145 e. The third-order valence-corrected chi connectivity index (χ3v) is 6.59. The first-order valence-corrected chi connectivity index (χ1v) is 12.3. The number of rotatable bonds is 8. The van der Waals surface area contributed by atoms with Gasteiger partial charge in [0.15, 0.2) is 0 Å². The molecule has 0 atom stereocenters. The lowest BCUT2D eigenvalue weighted by atomic mass is 9.96. The van der Waals surface area contributed by atoms with Gasteiger partial charge in [-0.05, 0) is 85.4 Å². The van der Waals surface area contributed by atoms with Crippen molar-refractivity contribution in [2.45, 2.75) is 19.3 Å². The maximum atomic E-state index is 10.2. The van der Waals surface area contributed by atoms with Gasteiger partial charge in [-0.2, -0.15) is 0 Å². The van der Waals surface area contributed by atoms with Crippen molar-refractivity contribution in [1.82, 2.24) is 4.90 Å². The Morgan fingerprint density at radius 2 is 1.66 bits per heavy atom. The number of phenols is 1. The summed E-state index contributed by atoms with van der Waals surface area (Å²) in [7, 11) is 1.68. The Hall–Kier alpha value is -3.70. The van der Waals surface area contributed by atoms with Crippen LogP contribution >= 0.6 is 0 Å². The van der Waals surface area contributed by atoms with Crippen LogP contribution in [-0.2, 0) is 0 Å². The highest BCUT2D eigenvalue weighted by atomic mass is 16.5. The Labute approximate surface area is 206 Å². The highest BCUT2D eigenvalue weighted by molar-refractivity contribution is 6.02. The van der Waals surface area contributed by atoms with Gasteiger partial charge in [0.1, 0.15) is 23.0 Å². The standard InChI is InChI=1S/C30H32N2O3/c1-34-26-12-8-9-22(20-26)29-28(31-15-18-32-16-6-3-7-17-32)21-23-19-24(33)13-14-27(23)30(29)35-25-10-4-2-5-11-25/h2,4-5,8-14,19-21,31,33H,3,6-7,15-18H2,1H3. The number of nitrogens with zero attached hydrogens (tertiary/aromatic N) is 1. The van der Waals surface area contributed by atoms with Gasteiger partial charge in [0.25, 0.3) is 0 Å². The molecule has 0 spiro atoms. The van der Waals surface area contributed by atoms with E-state index in [0.29, 0.717) is 0 Å². The van der Waals surface area contributed by atoms with E-state index in [1.54, 1.807) is 19.2 Å². The van der Waals surface area contributed by atoms with Crippen LogP contribution in [0.1, 0.15) is 19.3 Å². The van der Waals surface area contributed by atoms with Crippen molar-refractivity contribution in [2.24, 2.45) is 0 Å². The average Bonchev–Trinajstić information content (AvgIpc) is 2.90. The van der Waals surface area contributed by atoms with Crippen LogP contribution in [0.2, 0.25) is 0 Å². The van der Waals surface area contributed by atoms with Crippen LogP contribution in [0, 0.1) is 0 Å². The zero-order valence-corrected chi connectivity index (χ0v) is 20.2. The molecule has 0 saturated carbocycles. The molecule has 4 aromatic rings. The van der Waals surface area contributed by atoms with E-state index in [9.17, 15) is 5.11 Å². The van der Waals surface area contributed by atoms with Crippen molar-refractivity contribution < 1.29 is 14.6 Å². The van der Waals surface area contributed by atoms with Crippen molar-refractivity contribution in [2.75, 3.05) is 38.6 Å². The topological polar surface area (TPSA) is 54.0 Å². The predicted molar refractivity (Wildman–Crippen MR) is 143 cm³/mol. The highest BCUT2D eigenvalue weighted by Crippen LogP contribution is 2.46. The van der Waals surface area contributed by atoms with E-state index < -0.39 is 0 Å². The molecule has 5 rings (SSSR count). The van der Waals surface area contributed by atoms with Crippen LogP contribution in [-0.4, -0.2) is 43.3 Å². The molecule has 1 fully saturated rings. The molecule has 0 amide bonds. The number of anilines is 1. The summed E-state index contributed by atoms with van der Waals surface area (Å²) in [5, 5.41) is 15.8. The summed E-state index contributed by atoms with van der Waals surface area (Å²) < 4.78 is 12.1. The molecule has 5 nitrogen and oxygen atoms in total. The van der Waals surface area contributed by atoms with E-state index in [1.807, 2.05) is 54.6 Å². The molecule has 5 heteroatoms. The van der Waals surface area contributed by atoms with E-state index in [4.69, 9.17) is 9.47 Å². The fourth-order valence-corrected chi connectivity index (χ4v) is 4.81.